The number of para-hydroxylation sites is 2. The van der Waals surface area contributed by atoms with Crippen molar-refractivity contribution in [2.45, 2.75) is 0 Å². The zero-order chi connectivity index (χ0) is 12.5. The highest BCUT2D eigenvalue weighted by Crippen LogP contribution is 2.32. The number of anilines is 4. The molecular formula is C12H11N5O. The number of benzene rings is 1. The van der Waals surface area contributed by atoms with Crippen LogP contribution in [0.3, 0.4) is 0 Å². The maximum Gasteiger partial charge on any atom is 0.244 e. The molecule has 2 aromatic rings. The molecule has 0 aliphatic carbocycles. The van der Waals surface area contributed by atoms with Crippen LogP contribution >= 0.6 is 0 Å². The Kier molecular flexibility index (Phi) is 2.33. The Morgan fingerprint density at radius 1 is 1.28 bits per heavy atom. The van der Waals surface area contributed by atoms with E-state index < -0.39 is 0 Å². The Balaban J connectivity index is 2.10. The van der Waals surface area contributed by atoms with Crippen LogP contribution < -0.4 is 16.0 Å². The summed E-state index contributed by atoms with van der Waals surface area (Å²) in [5, 5.41) is 2.81. The second kappa shape index (κ2) is 3.99. The third kappa shape index (κ3) is 1.73. The fraction of sp³-hybridized carbons (Fsp3) is 0.0833. The largest absolute Gasteiger partial charge is 0.384 e. The van der Waals surface area contributed by atoms with Gasteiger partial charge in [0, 0.05) is 6.20 Å². The molecular weight excluding hydrogens is 230 g/mol. The number of fused-ring (bicyclic) bond motifs is 1. The van der Waals surface area contributed by atoms with Crippen molar-refractivity contribution in [1.82, 2.24) is 9.97 Å². The van der Waals surface area contributed by atoms with Crippen molar-refractivity contribution in [3.63, 3.8) is 0 Å². The van der Waals surface area contributed by atoms with Gasteiger partial charge in [0.2, 0.25) is 11.9 Å². The molecule has 1 aliphatic rings. The zero-order valence-electron chi connectivity index (χ0n) is 9.50. The molecule has 6 heteroatoms. The Hall–Kier alpha value is -2.63. The Labute approximate surface area is 103 Å². The van der Waals surface area contributed by atoms with Gasteiger partial charge in [0.15, 0.2) is 0 Å². The first kappa shape index (κ1) is 10.5. The SMILES string of the molecule is Nc1ccnc(N2CC(=O)Nc3ccccc32)n1. The lowest BCUT2D eigenvalue weighted by molar-refractivity contribution is -0.115. The van der Waals surface area contributed by atoms with Crippen molar-refractivity contribution in [2.75, 3.05) is 22.5 Å². The van der Waals surface area contributed by atoms with Crippen LogP contribution in [0.4, 0.5) is 23.1 Å². The molecule has 0 atom stereocenters. The van der Waals surface area contributed by atoms with Crippen LogP contribution in [0.25, 0.3) is 0 Å². The van der Waals surface area contributed by atoms with Gasteiger partial charge in [0.25, 0.3) is 0 Å². The first-order valence-corrected chi connectivity index (χ1v) is 5.49. The average molecular weight is 241 g/mol. The van der Waals surface area contributed by atoms with Crippen LogP contribution in [0.5, 0.6) is 0 Å². The Morgan fingerprint density at radius 2 is 2.11 bits per heavy atom. The molecule has 2 heterocycles. The number of amides is 1. The van der Waals surface area contributed by atoms with Gasteiger partial charge in [-0.25, -0.2) is 4.98 Å². The zero-order valence-corrected chi connectivity index (χ0v) is 9.50. The molecule has 1 aliphatic heterocycles. The predicted molar refractivity (Wildman–Crippen MR) is 68.5 cm³/mol. The molecule has 0 radical (unpaired) electrons. The van der Waals surface area contributed by atoms with Crippen LogP contribution in [0.15, 0.2) is 36.5 Å². The Morgan fingerprint density at radius 3 is 2.94 bits per heavy atom. The van der Waals surface area contributed by atoms with Gasteiger partial charge < -0.3 is 11.1 Å². The maximum absolute atomic E-state index is 11.7. The number of nitrogens with zero attached hydrogens (tertiary/aromatic N) is 3. The smallest absolute Gasteiger partial charge is 0.244 e. The lowest BCUT2D eigenvalue weighted by Crippen LogP contribution is -2.35. The molecule has 0 saturated carbocycles. The minimum absolute atomic E-state index is 0.0975. The number of nitrogens with two attached hydrogens (primary N) is 1. The van der Waals surface area contributed by atoms with E-state index in [2.05, 4.69) is 15.3 Å². The van der Waals surface area contributed by atoms with Gasteiger partial charge in [0.05, 0.1) is 11.4 Å². The molecule has 0 unspecified atom stereocenters. The van der Waals surface area contributed by atoms with Crippen LogP contribution in [-0.4, -0.2) is 22.4 Å². The number of carbonyl (C=O) groups excluding carboxylic acids is 1. The molecule has 1 aromatic carbocycles. The second-order valence-electron chi connectivity index (χ2n) is 3.93. The van der Waals surface area contributed by atoms with Gasteiger partial charge in [-0.15, -0.1) is 0 Å². The lowest BCUT2D eigenvalue weighted by atomic mass is 10.2. The number of rotatable bonds is 1. The van der Waals surface area contributed by atoms with Crippen LogP contribution in [-0.2, 0) is 4.79 Å². The third-order valence-electron chi connectivity index (χ3n) is 2.68. The fourth-order valence-corrected chi connectivity index (χ4v) is 1.90. The molecule has 3 N–H and O–H groups in total. The molecule has 0 spiro atoms. The number of nitrogens with one attached hydrogen (secondary N) is 1. The van der Waals surface area contributed by atoms with E-state index in [0.29, 0.717) is 11.8 Å². The molecule has 0 saturated heterocycles. The molecule has 0 bridgehead atoms. The van der Waals surface area contributed by atoms with E-state index in [-0.39, 0.29) is 12.5 Å². The highest BCUT2D eigenvalue weighted by atomic mass is 16.2. The van der Waals surface area contributed by atoms with Crippen molar-refractivity contribution >= 4 is 29.0 Å². The van der Waals surface area contributed by atoms with Gasteiger partial charge in [-0.3, -0.25) is 9.69 Å². The second-order valence-corrected chi connectivity index (χ2v) is 3.93. The predicted octanol–water partition coefficient (Wildman–Crippen LogP) is 1.15. The molecule has 0 fully saturated rings. The van der Waals surface area contributed by atoms with Crippen molar-refractivity contribution in [2.24, 2.45) is 0 Å². The summed E-state index contributed by atoms with van der Waals surface area (Å²) in [5.74, 6) is 0.709. The third-order valence-corrected chi connectivity index (χ3v) is 2.68. The van der Waals surface area contributed by atoms with Crippen LogP contribution in [0, 0.1) is 0 Å². The summed E-state index contributed by atoms with van der Waals surface area (Å²) in [6.07, 6.45) is 1.58. The van der Waals surface area contributed by atoms with E-state index in [9.17, 15) is 4.79 Å². The number of aromatic nitrogens is 2. The number of hydrogen-bond donors (Lipinski definition) is 2. The molecule has 1 aromatic heterocycles. The number of nitrogen functional groups attached to an aromatic ring is 1. The number of carbonyl (C=O) groups is 1. The summed E-state index contributed by atoms with van der Waals surface area (Å²) >= 11 is 0. The standard InChI is InChI=1S/C12H11N5O/c13-10-5-6-14-12(16-10)17-7-11(18)15-8-3-1-2-4-9(8)17/h1-6H,7H2,(H,15,18)(H2,13,14,16). The quantitative estimate of drug-likeness (QED) is 0.782. The highest BCUT2D eigenvalue weighted by molar-refractivity contribution is 6.02. The van der Waals surface area contributed by atoms with E-state index in [1.54, 1.807) is 17.2 Å². The van der Waals surface area contributed by atoms with Gasteiger partial charge >= 0.3 is 0 Å². The van der Waals surface area contributed by atoms with Crippen molar-refractivity contribution in [3.05, 3.63) is 36.5 Å². The normalized spacial score (nSPS) is 14.0. The summed E-state index contributed by atoms with van der Waals surface area (Å²) in [6.45, 7) is 0.181. The lowest BCUT2D eigenvalue weighted by Gasteiger charge is -2.28. The van der Waals surface area contributed by atoms with E-state index in [0.717, 1.165) is 11.4 Å². The molecule has 90 valence electrons. The summed E-state index contributed by atoms with van der Waals surface area (Å²) in [7, 11) is 0. The van der Waals surface area contributed by atoms with Crippen molar-refractivity contribution < 1.29 is 4.79 Å². The Bertz CT molecular complexity index is 613. The average Bonchev–Trinajstić information content (AvgIpc) is 2.37. The van der Waals surface area contributed by atoms with E-state index in [4.69, 9.17) is 5.73 Å². The minimum atomic E-state index is -0.0975. The van der Waals surface area contributed by atoms with Crippen LogP contribution in [0.1, 0.15) is 0 Å². The van der Waals surface area contributed by atoms with Gasteiger partial charge in [-0.1, -0.05) is 12.1 Å². The van der Waals surface area contributed by atoms with E-state index >= 15 is 0 Å². The van der Waals surface area contributed by atoms with Gasteiger partial charge in [-0.05, 0) is 18.2 Å². The van der Waals surface area contributed by atoms with Gasteiger partial charge in [0.1, 0.15) is 12.4 Å². The molecule has 6 nitrogen and oxygen atoms in total. The highest BCUT2D eigenvalue weighted by Gasteiger charge is 2.24. The summed E-state index contributed by atoms with van der Waals surface area (Å²) in [5.41, 5.74) is 7.25. The monoisotopic (exact) mass is 241 g/mol. The summed E-state index contributed by atoms with van der Waals surface area (Å²) < 4.78 is 0. The van der Waals surface area contributed by atoms with E-state index in [1.807, 2.05) is 24.3 Å². The first-order valence-electron chi connectivity index (χ1n) is 5.49. The summed E-state index contributed by atoms with van der Waals surface area (Å²) in [4.78, 5) is 21.7. The maximum atomic E-state index is 11.7. The topological polar surface area (TPSA) is 84.1 Å². The molecule has 1 amide bonds. The van der Waals surface area contributed by atoms with E-state index in [1.165, 1.54) is 0 Å². The molecule has 3 rings (SSSR count). The fourth-order valence-electron chi connectivity index (χ4n) is 1.90. The molecule has 18 heavy (non-hydrogen) atoms. The first-order chi connectivity index (χ1) is 8.74. The number of hydrogen-bond acceptors (Lipinski definition) is 5. The summed E-state index contributed by atoms with van der Waals surface area (Å²) in [6, 6.07) is 9.12. The minimum Gasteiger partial charge on any atom is -0.384 e. The van der Waals surface area contributed by atoms with Crippen molar-refractivity contribution in [1.29, 1.82) is 0 Å². The van der Waals surface area contributed by atoms with Crippen molar-refractivity contribution in [3.8, 4) is 0 Å². The van der Waals surface area contributed by atoms with Gasteiger partial charge in [-0.2, -0.15) is 4.98 Å². The van der Waals surface area contributed by atoms with Crippen LogP contribution in [0.2, 0.25) is 0 Å².